The van der Waals surface area contributed by atoms with Gasteiger partial charge in [-0.05, 0) is 36.4 Å². The van der Waals surface area contributed by atoms with Crippen LogP contribution in [0.4, 0.5) is 0 Å². The molecule has 2 aromatic heterocycles. The summed E-state index contributed by atoms with van der Waals surface area (Å²) in [6.07, 6.45) is 1.51. The highest BCUT2D eigenvalue weighted by molar-refractivity contribution is 7.12. The molecule has 0 aromatic carbocycles. The molecule has 0 spiro atoms. The molecular formula is C14H15NO2S2. The summed E-state index contributed by atoms with van der Waals surface area (Å²) in [7, 11) is 0. The van der Waals surface area contributed by atoms with Crippen LogP contribution in [0.2, 0.25) is 0 Å². The fourth-order valence-electron chi connectivity index (χ4n) is 1.89. The second-order valence-corrected chi connectivity index (χ2v) is 6.89. The predicted octanol–water partition coefficient (Wildman–Crippen LogP) is 2.92. The highest BCUT2D eigenvalue weighted by Gasteiger charge is 2.29. The minimum Gasteiger partial charge on any atom is -0.382 e. The van der Waals surface area contributed by atoms with Crippen LogP contribution in [0.5, 0.6) is 0 Å². The van der Waals surface area contributed by atoms with Gasteiger partial charge in [-0.3, -0.25) is 4.79 Å². The first kappa shape index (κ1) is 12.8. The van der Waals surface area contributed by atoms with Crippen LogP contribution in [0.1, 0.15) is 33.6 Å². The van der Waals surface area contributed by atoms with E-state index in [1.165, 1.54) is 0 Å². The number of nitrogens with one attached hydrogen (secondary N) is 1. The maximum Gasteiger partial charge on any atom is 0.223 e. The van der Waals surface area contributed by atoms with Crippen molar-refractivity contribution in [3.63, 3.8) is 0 Å². The van der Waals surface area contributed by atoms with Crippen LogP contribution in [0.3, 0.4) is 0 Å². The lowest BCUT2D eigenvalue weighted by molar-refractivity contribution is -0.122. The standard InChI is InChI=1S/C14H15NO2S2/c16-13(11-2-1-7-18-11)12-6-5-10(19-12)8-15-14(17)9-3-4-9/h1-2,5-7,9,13,16H,3-4,8H2,(H,15,17)/t13-/m1/s1. The van der Waals surface area contributed by atoms with Gasteiger partial charge in [0.1, 0.15) is 6.10 Å². The molecule has 3 nitrogen and oxygen atoms in total. The molecule has 1 fully saturated rings. The summed E-state index contributed by atoms with van der Waals surface area (Å²) in [5, 5.41) is 15.1. The molecule has 1 atom stereocenters. The molecule has 1 aliphatic carbocycles. The zero-order valence-corrected chi connectivity index (χ0v) is 12.0. The predicted molar refractivity (Wildman–Crippen MR) is 77.3 cm³/mol. The van der Waals surface area contributed by atoms with Gasteiger partial charge >= 0.3 is 0 Å². The summed E-state index contributed by atoms with van der Waals surface area (Å²) in [6, 6.07) is 7.79. The van der Waals surface area contributed by atoms with Gasteiger partial charge in [0.25, 0.3) is 0 Å². The molecule has 100 valence electrons. The van der Waals surface area contributed by atoms with Crippen LogP contribution in [0.25, 0.3) is 0 Å². The summed E-state index contributed by atoms with van der Waals surface area (Å²) in [6.45, 7) is 0.567. The largest absolute Gasteiger partial charge is 0.382 e. The van der Waals surface area contributed by atoms with E-state index in [0.29, 0.717) is 6.54 Å². The Balaban J connectivity index is 1.61. The molecule has 1 saturated carbocycles. The number of hydrogen-bond donors (Lipinski definition) is 2. The minimum atomic E-state index is -0.544. The molecule has 0 unspecified atom stereocenters. The lowest BCUT2D eigenvalue weighted by atomic mass is 10.2. The van der Waals surface area contributed by atoms with Gasteiger partial charge in [-0.25, -0.2) is 0 Å². The van der Waals surface area contributed by atoms with E-state index in [4.69, 9.17) is 0 Å². The molecule has 1 amide bonds. The minimum absolute atomic E-state index is 0.161. The van der Waals surface area contributed by atoms with Crippen LogP contribution in [0, 0.1) is 5.92 Å². The maximum atomic E-state index is 11.6. The lowest BCUT2D eigenvalue weighted by Crippen LogP contribution is -2.23. The van der Waals surface area contributed by atoms with Gasteiger partial charge in [-0.2, -0.15) is 0 Å². The number of carbonyl (C=O) groups excluding carboxylic acids is 1. The fourth-order valence-corrected chi connectivity index (χ4v) is 3.65. The van der Waals surface area contributed by atoms with Crippen LogP contribution in [-0.4, -0.2) is 11.0 Å². The van der Waals surface area contributed by atoms with Crippen molar-refractivity contribution in [1.82, 2.24) is 5.32 Å². The van der Waals surface area contributed by atoms with E-state index in [-0.39, 0.29) is 11.8 Å². The lowest BCUT2D eigenvalue weighted by Gasteiger charge is -2.05. The highest BCUT2D eigenvalue weighted by atomic mass is 32.1. The third-order valence-corrected chi connectivity index (χ3v) is 5.21. The molecule has 0 bridgehead atoms. The molecule has 5 heteroatoms. The molecule has 1 aliphatic rings. The van der Waals surface area contributed by atoms with E-state index in [9.17, 15) is 9.90 Å². The molecule has 2 heterocycles. The average Bonchev–Trinajstić information content (AvgIpc) is 2.95. The number of aliphatic hydroxyl groups excluding tert-OH is 1. The average molecular weight is 293 g/mol. The molecule has 3 rings (SSSR count). The van der Waals surface area contributed by atoms with Gasteiger partial charge in [0.05, 0.1) is 6.54 Å². The van der Waals surface area contributed by atoms with Crippen molar-refractivity contribution < 1.29 is 9.90 Å². The number of rotatable bonds is 5. The second kappa shape index (κ2) is 5.45. The van der Waals surface area contributed by atoms with Crippen LogP contribution in [0.15, 0.2) is 29.6 Å². The van der Waals surface area contributed by atoms with Crippen molar-refractivity contribution in [2.75, 3.05) is 0 Å². The number of carbonyl (C=O) groups is 1. The molecule has 2 N–H and O–H groups in total. The Hall–Kier alpha value is -1.17. The third-order valence-electron chi connectivity index (χ3n) is 3.15. The summed E-state index contributed by atoms with van der Waals surface area (Å²) >= 11 is 3.11. The number of hydrogen-bond acceptors (Lipinski definition) is 4. The van der Waals surface area contributed by atoms with Gasteiger partial charge < -0.3 is 10.4 Å². The molecule has 0 aliphatic heterocycles. The normalized spacial score (nSPS) is 16.3. The Bertz CT molecular complexity index is 558. The van der Waals surface area contributed by atoms with Crippen molar-refractivity contribution in [1.29, 1.82) is 0 Å². The molecule has 2 aromatic rings. The van der Waals surface area contributed by atoms with Gasteiger partial charge in [-0.15, -0.1) is 22.7 Å². The van der Waals surface area contributed by atoms with Crippen molar-refractivity contribution in [3.05, 3.63) is 44.3 Å². The zero-order chi connectivity index (χ0) is 13.2. The monoisotopic (exact) mass is 293 g/mol. The highest BCUT2D eigenvalue weighted by Crippen LogP contribution is 2.31. The molecule has 0 saturated heterocycles. The summed E-state index contributed by atoms with van der Waals surface area (Å²) in [5.41, 5.74) is 0. The Kier molecular flexibility index (Phi) is 3.68. The summed E-state index contributed by atoms with van der Waals surface area (Å²) < 4.78 is 0. The van der Waals surface area contributed by atoms with Crippen molar-refractivity contribution in [3.8, 4) is 0 Å². The Morgan fingerprint density at radius 1 is 1.37 bits per heavy atom. The Labute approximate surface area is 119 Å². The van der Waals surface area contributed by atoms with Crippen LogP contribution >= 0.6 is 22.7 Å². The summed E-state index contributed by atoms with van der Waals surface area (Å²) in [4.78, 5) is 14.5. The second-order valence-electron chi connectivity index (χ2n) is 4.71. The van der Waals surface area contributed by atoms with Crippen molar-refractivity contribution in [2.45, 2.75) is 25.5 Å². The van der Waals surface area contributed by atoms with E-state index in [1.807, 2.05) is 29.6 Å². The van der Waals surface area contributed by atoms with Crippen molar-refractivity contribution in [2.24, 2.45) is 5.92 Å². The Morgan fingerprint density at radius 2 is 2.21 bits per heavy atom. The van der Waals surface area contributed by atoms with Gasteiger partial charge in [0.2, 0.25) is 5.91 Å². The quantitative estimate of drug-likeness (QED) is 0.890. The van der Waals surface area contributed by atoms with Crippen LogP contribution < -0.4 is 5.32 Å². The van der Waals surface area contributed by atoms with Crippen molar-refractivity contribution >= 4 is 28.6 Å². The van der Waals surface area contributed by atoms with E-state index in [0.717, 1.165) is 27.5 Å². The maximum absolute atomic E-state index is 11.6. The van der Waals surface area contributed by atoms with E-state index >= 15 is 0 Å². The smallest absolute Gasteiger partial charge is 0.223 e. The first-order valence-corrected chi connectivity index (χ1v) is 8.01. The molecule has 0 radical (unpaired) electrons. The number of aliphatic hydroxyl groups is 1. The first-order chi connectivity index (χ1) is 9.24. The van der Waals surface area contributed by atoms with Gasteiger partial charge in [-0.1, -0.05) is 6.07 Å². The zero-order valence-electron chi connectivity index (χ0n) is 10.3. The van der Waals surface area contributed by atoms with E-state index in [2.05, 4.69) is 5.32 Å². The van der Waals surface area contributed by atoms with E-state index < -0.39 is 6.10 Å². The first-order valence-electron chi connectivity index (χ1n) is 6.32. The van der Waals surface area contributed by atoms with Gasteiger partial charge in [0.15, 0.2) is 0 Å². The van der Waals surface area contributed by atoms with Crippen LogP contribution in [-0.2, 0) is 11.3 Å². The fraction of sp³-hybridized carbons (Fsp3) is 0.357. The number of amides is 1. The summed E-state index contributed by atoms with van der Waals surface area (Å²) in [5.74, 6) is 0.407. The molecular weight excluding hydrogens is 278 g/mol. The molecule has 19 heavy (non-hydrogen) atoms. The van der Waals surface area contributed by atoms with Gasteiger partial charge in [0, 0.05) is 20.5 Å². The van der Waals surface area contributed by atoms with E-state index in [1.54, 1.807) is 22.7 Å². The Morgan fingerprint density at radius 3 is 2.89 bits per heavy atom. The SMILES string of the molecule is O=C(NCc1ccc([C@H](O)c2cccs2)s1)C1CC1. The number of thiophene rings is 2. The third kappa shape index (κ3) is 3.05. The topological polar surface area (TPSA) is 49.3 Å².